The van der Waals surface area contributed by atoms with E-state index in [1.165, 1.54) is 5.69 Å². The average molecular weight is 522 g/mol. The standard InChI is InChI=1S/C31H31N5O3/c32-17-23-15-22(3-6-30(23)39-26-8-10-36(18-26)25-19-38-20-25)27-7-9-33-31-28(27)16-29(34-31)21-1-4-24(5-2-21)35-11-13-37-14-12-35/h1-7,9,15-16,25-26H,8,10-14,18-20H2,(H,33,34)/t26-/m1/s1. The lowest BCUT2D eigenvalue weighted by molar-refractivity contribution is -0.0592. The minimum absolute atomic E-state index is 0.0954. The Labute approximate surface area is 227 Å². The molecule has 3 aliphatic rings. The molecule has 0 spiro atoms. The molecule has 39 heavy (non-hydrogen) atoms. The van der Waals surface area contributed by atoms with Gasteiger partial charge in [0.05, 0.1) is 38.0 Å². The van der Waals surface area contributed by atoms with Gasteiger partial charge in [0.1, 0.15) is 23.6 Å². The number of nitrogens with zero attached hydrogens (tertiary/aromatic N) is 4. The van der Waals surface area contributed by atoms with Crippen LogP contribution in [-0.2, 0) is 9.47 Å². The molecule has 8 heteroatoms. The molecule has 3 aliphatic heterocycles. The first-order chi connectivity index (χ1) is 19.2. The number of anilines is 1. The zero-order valence-corrected chi connectivity index (χ0v) is 21.8. The summed E-state index contributed by atoms with van der Waals surface area (Å²) >= 11 is 0. The van der Waals surface area contributed by atoms with E-state index < -0.39 is 0 Å². The van der Waals surface area contributed by atoms with Gasteiger partial charge in [0.2, 0.25) is 0 Å². The van der Waals surface area contributed by atoms with Gasteiger partial charge in [-0.05, 0) is 59.5 Å². The molecule has 0 radical (unpaired) electrons. The molecular formula is C31H31N5O3. The minimum Gasteiger partial charge on any atom is -0.488 e. The lowest BCUT2D eigenvalue weighted by Crippen LogP contribution is -2.48. The van der Waals surface area contributed by atoms with E-state index in [0.717, 1.165) is 92.4 Å². The molecule has 8 nitrogen and oxygen atoms in total. The van der Waals surface area contributed by atoms with Gasteiger partial charge in [0.15, 0.2) is 0 Å². The number of hydrogen-bond acceptors (Lipinski definition) is 7. The second kappa shape index (κ2) is 10.3. The second-order valence-electron chi connectivity index (χ2n) is 10.5. The predicted octanol–water partition coefficient (Wildman–Crippen LogP) is 4.46. The van der Waals surface area contributed by atoms with Crippen LogP contribution in [0, 0.1) is 11.3 Å². The third-order valence-electron chi connectivity index (χ3n) is 8.10. The van der Waals surface area contributed by atoms with Crippen LogP contribution in [0.5, 0.6) is 5.75 Å². The van der Waals surface area contributed by atoms with E-state index in [4.69, 9.17) is 14.2 Å². The van der Waals surface area contributed by atoms with Crippen LogP contribution in [0.4, 0.5) is 5.69 Å². The summed E-state index contributed by atoms with van der Waals surface area (Å²) in [5.74, 6) is 0.651. The summed E-state index contributed by atoms with van der Waals surface area (Å²) in [7, 11) is 0. The summed E-state index contributed by atoms with van der Waals surface area (Å²) < 4.78 is 17.1. The normalized spacial score (nSPS) is 20.2. The Bertz CT molecular complexity index is 1520. The summed E-state index contributed by atoms with van der Waals surface area (Å²) in [4.78, 5) is 12.9. The number of ether oxygens (including phenoxy) is 3. The fourth-order valence-corrected chi connectivity index (χ4v) is 5.79. The lowest BCUT2D eigenvalue weighted by Gasteiger charge is -2.34. The monoisotopic (exact) mass is 521 g/mol. The first kappa shape index (κ1) is 24.2. The molecule has 0 amide bonds. The van der Waals surface area contributed by atoms with Crippen LogP contribution in [0.15, 0.2) is 60.8 Å². The summed E-state index contributed by atoms with van der Waals surface area (Å²) in [5, 5.41) is 11.0. The van der Waals surface area contributed by atoms with Gasteiger partial charge in [-0.3, -0.25) is 4.90 Å². The Morgan fingerprint density at radius 3 is 2.54 bits per heavy atom. The SMILES string of the molecule is N#Cc1cc(-c2ccnc3[nH]c(-c4ccc(N5CCOCC5)cc4)cc23)ccc1O[C@@H]1CCN(C2COC2)C1. The highest BCUT2D eigenvalue weighted by atomic mass is 16.5. The molecule has 0 unspecified atom stereocenters. The summed E-state index contributed by atoms with van der Waals surface area (Å²) in [6, 6.07) is 21.6. The van der Waals surface area contributed by atoms with Crippen LogP contribution < -0.4 is 9.64 Å². The number of rotatable bonds is 6. The Balaban J connectivity index is 1.13. The zero-order valence-electron chi connectivity index (χ0n) is 21.8. The van der Waals surface area contributed by atoms with E-state index in [1.807, 2.05) is 30.5 Å². The smallest absolute Gasteiger partial charge is 0.138 e. The molecule has 2 aromatic carbocycles. The molecule has 7 rings (SSSR count). The fraction of sp³-hybridized carbons (Fsp3) is 0.355. The van der Waals surface area contributed by atoms with Crippen LogP contribution in [-0.4, -0.2) is 79.6 Å². The Morgan fingerprint density at radius 1 is 0.949 bits per heavy atom. The van der Waals surface area contributed by atoms with Crippen molar-refractivity contribution in [3.8, 4) is 34.2 Å². The summed E-state index contributed by atoms with van der Waals surface area (Å²) in [6.45, 7) is 6.90. The van der Waals surface area contributed by atoms with E-state index in [0.29, 0.717) is 17.4 Å². The van der Waals surface area contributed by atoms with Crippen LogP contribution in [0.25, 0.3) is 33.4 Å². The molecular weight excluding hydrogens is 490 g/mol. The van der Waals surface area contributed by atoms with Gasteiger partial charge >= 0.3 is 0 Å². The third kappa shape index (κ3) is 4.74. The zero-order chi connectivity index (χ0) is 26.2. The number of morpholine rings is 1. The highest BCUT2D eigenvalue weighted by Crippen LogP contribution is 2.35. The van der Waals surface area contributed by atoms with Crippen molar-refractivity contribution >= 4 is 16.7 Å². The molecule has 198 valence electrons. The first-order valence-electron chi connectivity index (χ1n) is 13.7. The number of aromatic amines is 1. The predicted molar refractivity (Wildman–Crippen MR) is 150 cm³/mol. The van der Waals surface area contributed by atoms with E-state index in [-0.39, 0.29) is 6.10 Å². The molecule has 1 N–H and O–H groups in total. The number of aromatic nitrogens is 2. The van der Waals surface area contributed by atoms with Gasteiger partial charge in [0, 0.05) is 49.1 Å². The summed E-state index contributed by atoms with van der Waals surface area (Å²) in [6.07, 6.45) is 2.87. The first-order valence-corrected chi connectivity index (χ1v) is 13.7. The van der Waals surface area contributed by atoms with E-state index in [9.17, 15) is 5.26 Å². The van der Waals surface area contributed by atoms with Crippen molar-refractivity contribution in [3.63, 3.8) is 0 Å². The Hall–Kier alpha value is -3.90. The topological polar surface area (TPSA) is 86.6 Å². The van der Waals surface area contributed by atoms with Crippen molar-refractivity contribution in [2.75, 3.05) is 57.5 Å². The number of benzene rings is 2. The van der Waals surface area contributed by atoms with Crippen molar-refractivity contribution in [1.29, 1.82) is 5.26 Å². The van der Waals surface area contributed by atoms with Crippen LogP contribution in [0.1, 0.15) is 12.0 Å². The fourth-order valence-electron chi connectivity index (χ4n) is 5.79. The summed E-state index contributed by atoms with van der Waals surface area (Å²) in [5.41, 5.74) is 6.72. The Morgan fingerprint density at radius 2 is 1.77 bits per heavy atom. The van der Waals surface area contributed by atoms with Crippen LogP contribution in [0.3, 0.4) is 0 Å². The van der Waals surface area contributed by atoms with Gasteiger partial charge in [0.25, 0.3) is 0 Å². The molecule has 0 bridgehead atoms. The minimum atomic E-state index is 0.0954. The van der Waals surface area contributed by atoms with Crippen LogP contribution >= 0.6 is 0 Å². The maximum atomic E-state index is 9.95. The molecule has 3 fully saturated rings. The average Bonchev–Trinajstić information content (AvgIpc) is 3.60. The highest BCUT2D eigenvalue weighted by Gasteiger charge is 2.33. The van der Waals surface area contributed by atoms with Crippen molar-refractivity contribution < 1.29 is 14.2 Å². The quantitative estimate of drug-likeness (QED) is 0.401. The van der Waals surface area contributed by atoms with Crippen molar-refractivity contribution in [3.05, 3.63) is 66.4 Å². The van der Waals surface area contributed by atoms with Gasteiger partial charge in [-0.15, -0.1) is 0 Å². The third-order valence-corrected chi connectivity index (χ3v) is 8.10. The van der Waals surface area contributed by atoms with Gasteiger partial charge < -0.3 is 24.1 Å². The molecule has 0 aliphatic carbocycles. The molecule has 2 aromatic heterocycles. The number of fused-ring (bicyclic) bond motifs is 1. The number of pyridine rings is 1. The van der Waals surface area contributed by atoms with Gasteiger partial charge in [-0.1, -0.05) is 18.2 Å². The van der Waals surface area contributed by atoms with Crippen LogP contribution in [0.2, 0.25) is 0 Å². The lowest BCUT2D eigenvalue weighted by atomic mass is 10.0. The van der Waals surface area contributed by atoms with Crippen molar-refractivity contribution in [2.45, 2.75) is 18.6 Å². The number of H-pyrrole nitrogens is 1. The number of nitrogens with one attached hydrogen (secondary N) is 1. The number of nitriles is 1. The second-order valence-corrected chi connectivity index (χ2v) is 10.5. The number of hydrogen-bond donors (Lipinski definition) is 1. The molecule has 4 aromatic rings. The van der Waals surface area contributed by atoms with E-state index in [2.05, 4.69) is 56.2 Å². The largest absolute Gasteiger partial charge is 0.488 e. The molecule has 3 saturated heterocycles. The molecule has 0 saturated carbocycles. The molecule has 1 atom stereocenters. The highest BCUT2D eigenvalue weighted by molar-refractivity contribution is 5.96. The number of likely N-dealkylation sites (tertiary alicyclic amines) is 1. The van der Waals surface area contributed by atoms with Crippen molar-refractivity contribution in [2.24, 2.45) is 0 Å². The molecule has 5 heterocycles. The van der Waals surface area contributed by atoms with E-state index >= 15 is 0 Å². The van der Waals surface area contributed by atoms with Gasteiger partial charge in [-0.25, -0.2) is 4.98 Å². The van der Waals surface area contributed by atoms with Crippen molar-refractivity contribution in [1.82, 2.24) is 14.9 Å². The van der Waals surface area contributed by atoms with Gasteiger partial charge in [-0.2, -0.15) is 5.26 Å². The maximum Gasteiger partial charge on any atom is 0.138 e. The Kier molecular flexibility index (Phi) is 6.41. The maximum absolute atomic E-state index is 9.95. The van der Waals surface area contributed by atoms with E-state index in [1.54, 1.807) is 0 Å².